The third-order valence-corrected chi connectivity index (χ3v) is 6.01. The minimum Gasteiger partial charge on any atom is -0.496 e. The van der Waals surface area contributed by atoms with Crippen LogP contribution in [-0.2, 0) is 0 Å². The summed E-state index contributed by atoms with van der Waals surface area (Å²) >= 11 is 6.09. The predicted octanol–water partition coefficient (Wildman–Crippen LogP) is 5.90. The number of amidine groups is 1. The number of benzene rings is 1. The zero-order chi connectivity index (χ0) is 23.2. The second kappa shape index (κ2) is 15.5. The van der Waals surface area contributed by atoms with Crippen molar-refractivity contribution in [3.05, 3.63) is 47.0 Å². The number of ether oxygens (including phenoxy) is 1. The van der Waals surface area contributed by atoms with Crippen molar-refractivity contribution < 1.29 is 4.74 Å². The van der Waals surface area contributed by atoms with E-state index in [4.69, 9.17) is 22.2 Å². The summed E-state index contributed by atoms with van der Waals surface area (Å²) in [4.78, 5) is 4.28. The fraction of sp³-hybridized carbons (Fsp3) is 0.542. The Kier molecular flexibility index (Phi) is 14.8. The van der Waals surface area contributed by atoms with E-state index in [9.17, 15) is 0 Å². The Balaban J connectivity index is 0.000000590. The third-order valence-electron chi connectivity index (χ3n) is 5.28. The minimum atomic E-state index is 0.0728. The Morgan fingerprint density at radius 3 is 2.43 bits per heavy atom. The van der Waals surface area contributed by atoms with E-state index in [0.29, 0.717) is 5.92 Å². The van der Waals surface area contributed by atoms with Gasteiger partial charge in [0, 0.05) is 22.8 Å². The van der Waals surface area contributed by atoms with E-state index >= 15 is 0 Å². The molecule has 0 bridgehead atoms. The fourth-order valence-corrected chi connectivity index (χ4v) is 4.14. The van der Waals surface area contributed by atoms with Gasteiger partial charge in [0.1, 0.15) is 11.6 Å². The molecule has 1 fully saturated rings. The van der Waals surface area contributed by atoms with Crippen molar-refractivity contribution >= 4 is 32.0 Å². The number of halogens is 1. The van der Waals surface area contributed by atoms with Gasteiger partial charge in [0.25, 0.3) is 0 Å². The van der Waals surface area contributed by atoms with Crippen molar-refractivity contribution in [1.29, 1.82) is 0 Å². The molecule has 1 aliphatic rings. The Labute approximate surface area is 191 Å². The van der Waals surface area contributed by atoms with E-state index in [1.165, 1.54) is 12.0 Å². The molecule has 2 unspecified atom stereocenters. The summed E-state index contributed by atoms with van der Waals surface area (Å²) in [5.74, 6) is 7.78. The predicted molar refractivity (Wildman–Crippen MR) is 138 cm³/mol. The van der Waals surface area contributed by atoms with E-state index < -0.39 is 0 Å². The smallest absolute Gasteiger partial charge is 0.125 e. The number of nitrogens with two attached hydrogens (primary N) is 1. The highest BCUT2D eigenvalue weighted by molar-refractivity contribution is 7.27. The van der Waals surface area contributed by atoms with Crippen LogP contribution in [0.2, 0.25) is 0 Å². The van der Waals surface area contributed by atoms with Gasteiger partial charge in [-0.3, -0.25) is 4.99 Å². The number of hydrazine groups is 1. The van der Waals surface area contributed by atoms with Crippen LogP contribution in [0.25, 0.3) is 0 Å². The first-order valence-electron chi connectivity index (χ1n) is 10.7. The number of aryl methyl sites for hydroxylation is 1. The van der Waals surface area contributed by atoms with Gasteiger partial charge in [-0.2, -0.15) is 0 Å². The molecule has 3 N–H and O–H groups in total. The first kappa shape index (κ1) is 28.6. The first-order chi connectivity index (χ1) is 14.3. The van der Waals surface area contributed by atoms with Crippen LogP contribution < -0.4 is 21.3 Å². The van der Waals surface area contributed by atoms with Crippen LogP contribution in [0.5, 0.6) is 5.75 Å². The molecule has 2 atom stereocenters. The molecular formula is C24H41ClN3OP. The van der Waals surface area contributed by atoms with E-state index in [-0.39, 0.29) is 5.41 Å². The fourth-order valence-electron chi connectivity index (χ4n) is 3.43. The number of allylic oxidation sites excluding steroid dienone is 4. The molecule has 0 saturated heterocycles. The van der Waals surface area contributed by atoms with Crippen LogP contribution in [-0.4, -0.2) is 20.0 Å². The lowest BCUT2D eigenvalue weighted by molar-refractivity contribution is 0.169. The van der Waals surface area contributed by atoms with Crippen LogP contribution in [0.4, 0.5) is 0 Å². The van der Waals surface area contributed by atoms with Gasteiger partial charge < -0.3 is 10.2 Å². The van der Waals surface area contributed by atoms with Gasteiger partial charge in [-0.1, -0.05) is 69.5 Å². The lowest BCUT2D eigenvalue weighted by Gasteiger charge is -2.46. The van der Waals surface area contributed by atoms with Gasteiger partial charge in [-0.25, -0.2) is 5.84 Å². The highest BCUT2D eigenvalue weighted by atomic mass is 35.5. The molecule has 1 aromatic carbocycles. The Bertz CT molecular complexity index is 712. The van der Waals surface area contributed by atoms with Crippen LogP contribution in [0.15, 0.2) is 46.5 Å². The van der Waals surface area contributed by atoms with Crippen LogP contribution in [0.3, 0.4) is 0 Å². The molecule has 30 heavy (non-hydrogen) atoms. The van der Waals surface area contributed by atoms with Crippen molar-refractivity contribution in [1.82, 2.24) is 5.43 Å². The highest BCUT2D eigenvalue weighted by Crippen LogP contribution is 2.48. The van der Waals surface area contributed by atoms with Gasteiger partial charge in [0.05, 0.1) is 7.11 Å². The number of rotatable bonds is 6. The van der Waals surface area contributed by atoms with Crippen LogP contribution in [0, 0.1) is 18.3 Å². The van der Waals surface area contributed by atoms with Gasteiger partial charge >= 0.3 is 0 Å². The zero-order valence-electron chi connectivity index (χ0n) is 19.8. The maximum atomic E-state index is 6.09. The average molecular weight is 454 g/mol. The molecule has 4 nitrogen and oxygen atoms in total. The maximum Gasteiger partial charge on any atom is 0.125 e. The second-order valence-electron chi connectivity index (χ2n) is 7.12. The van der Waals surface area contributed by atoms with Gasteiger partial charge in [0.15, 0.2) is 0 Å². The summed E-state index contributed by atoms with van der Waals surface area (Å²) in [5, 5.41) is 1.91. The van der Waals surface area contributed by atoms with Crippen LogP contribution in [0.1, 0.15) is 58.9 Å². The molecule has 1 aliphatic carbocycles. The number of aliphatic imine (C=N–C) groups is 1. The zero-order valence-corrected chi connectivity index (χ0v) is 21.7. The summed E-state index contributed by atoms with van der Waals surface area (Å²) < 4.78 is 5.08. The SMILES string of the molecule is CC.CC/C=C(Cl)\C=C/C(C)C1(C(=NC)NN)CCC1.COc1ccc(C)cc1P. The molecule has 0 spiro atoms. The second-order valence-corrected chi connectivity index (χ2v) is 8.18. The standard InChI is InChI=1S/C14H24ClN3.C8H11OP.C2H6/c1-4-6-12(15)8-7-11(2)14(9-5-10-14)13(17-3)18-16;1-6-3-4-7(9-2)8(10)5-6;1-2/h6-8,11H,4-5,9-10,16H2,1-3H3,(H,17,18);3-5H,10H2,1-2H3;1-2H3/b8-7-,12-6+;;. The quantitative estimate of drug-likeness (QED) is 0.141. The molecule has 0 amide bonds. The molecule has 1 aromatic rings. The number of nitrogens with zero attached hydrogens (tertiary/aromatic N) is 1. The summed E-state index contributed by atoms with van der Waals surface area (Å²) in [7, 11) is 6.11. The maximum absolute atomic E-state index is 6.09. The average Bonchev–Trinajstić information content (AvgIpc) is 2.71. The summed E-state index contributed by atoms with van der Waals surface area (Å²) in [6, 6.07) is 6.08. The normalized spacial score (nSPS) is 16.5. The molecule has 170 valence electrons. The van der Waals surface area contributed by atoms with Crippen molar-refractivity contribution in [3.63, 3.8) is 0 Å². The number of hydrogen-bond donors (Lipinski definition) is 2. The summed E-state index contributed by atoms with van der Waals surface area (Å²) in [5.41, 5.74) is 4.08. The Hall–Kier alpha value is -1.35. The van der Waals surface area contributed by atoms with Crippen molar-refractivity contribution in [2.45, 2.75) is 60.3 Å². The molecular weight excluding hydrogens is 413 g/mol. The largest absolute Gasteiger partial charge is 0.496 e. The molecule has 0 heterocycles. The monoisotopic (exact) mass is 453 g/mol. The molecule has 0 aliphatic heterocycles. The van der Waals surface area contributed by atoms with E-state index in [1.807, 2.05) is 38.1 Å². The minimum absolute atomic E-state index is 0.0728. The summed E-state index contributed by atoms with van der Waals surface area (Å²) in [6.45, 7) is 10.3. The van der Waals surface area contributed by atoms with Gasteiger partial charge in [0.2, 0.25) is 0 Å². The lowest BCUT2D eigenvalue weighted by Crippen LogP contribution is -2.51. The topological polar surface area (TPSA) is 59.6 Å². The van der Waals surface area contributed by atoms with Crippen molar-refractivity contribution in [2.24, 2.45) is 22.2 Å². The molecule has 0 aromatic heterocycles. The summed E-state index contributed by atoms with van der Waals surface area (Å²) in [6.07, 6.45) is 10.6. The van der Waals surface area contributed by atoms with E-state index in [2.05, 4.69) is 52.6 Å². The highest BCUT2D eigenvalue weighted by Gasteiger charge is 2.45. The van der Waals surface area contributed by atoms with Gasteiger partial charge in [-0.05, 0) is 50.3 Å². The third kappa shape index (κ3) is 8.41. The first-order valence-corrected chi connectivity index (χ1v) is 11.7. The van der Waals surface area contributed by atoms with Crippen molar-refractivity contribution in [3.8, 4) is 5.75 Å². The number of hydrogen-bond acceptors (Lipinski definition) is 3. The van der Waals surface area contributed by atoms with Gasteiger partial charge in [-0.15, -0.1) is 9.24 Å². The Morgan fingerprint density at radius 1 is 1.40 bits per heavy atom. The number of nitrogens with one attached hydrogen (secondary N) is 1. The van der Waals surface area contributed by atoms with Crippen LogP contribution >= 0.6 is 20.8 Å². The lowest BCUT2D eigenvalue weighted by atomic mass is 9.60. The van der Waals surface area contributed by atoms with E-state index in [0.717, 1.165) is 41.2 Å². The molecule has 6 heteroatoms. The van der Waals surface area contributed by atoms with E-state index in [1.54, 1.807) is 14.2 Å². The molecule has 2 rings (SSSR count). The molecule has 0 radical (unpaired) electrons. The van der Waals surface area contributed by atoms with Crippen molar-refractivity contribution in [2.75, 3.05) is 14.2 Å². The molecule has 1 saturated carbocycles. The number of methoxy groups -OCH3 is 1. The Morgan fingerprint density at radius 2 is 2.03 bits per heavy atom.